The second-order valence-corrected chi connectivity index (χ2v) is 17.0. The average Bonchev–Trinajstić information content (AvgIpc) is 4.10. The van der Waals surface area contributed by atoms with Gasteiger partial charge in [0.2, 0.25) is 5.82 Å². The van der Waals surface area contributed by atoms with Crippen molar-refractivity contribution in [3.63, 3.8) is 0 Å². The maximum Gasteiger partial charge on any atom is 1.00 e. The summed E-state index contributed by atoms with van der Waals surface area (Å²) in [5.41, 5.74) is 16.4. The van der Waals surface area contributed by atoms with E-state index in [9.17, 15) is 9.90 Å². The fourth-order valence-corrected chi connectivity index (χ4v) is 9.05. The Morgan fingerprint density at radius 1 is 0.580 bits per heavy atom. The Labute approximate surface area is 421 Å². The van der Waals surface area contributed by atoms with Crippen LogP contribution in [0.15, 0.2) is 121 Å². The molecule has 0 aliphatic heterocycles. The van der Waals surface area contributed by atoms with E-state index >= 15 is 0 Å². The van der Waals surface area contributed by atoms with Crippen molar-refractivity contribution in [2.45, 2.75) is 67.5 Å². The van der Waals surface area contributed by atoms with Gasteiger partial charge in [0.15, 0.2) is 11.3 Å². The number of aromatic carboxylic acids is 1. The average molecular weight is 921 g/mol. The first-order valence-corrected chi connectivity index (χ1v) is 22.7. The quantitative estimate of drug-likeness (QED) is 0.128. The number of H-pyrrole nitrogens is 1. The molecule has 0 bridgehead atoms. The van der Waals surface area contributed by atoms with Gasteiger partial charge >= 0.3 is 35.5 Å². The second kappa shape index (κ2) is 19.6. The predicted octanol–water partition coefficient (Wildman–Crippen LogP) is 7.74. The van der Waals surface area contributed by atoms with Gasteiger partial charge in [-0.05, 0) is 110 Å². The molecular formula is C54H49N12NaO2. The number of nitrogens with zero attached hydrogens (tertiary/aromatic N) is 11. The molecule has 0 saturated heterocycles. The van der Waals surface area contributed by atoms with E-state index in [1.54, 1.807) is 18.2 Å². The molecule has 7 aromatic heterocycles. The molecule has 7 heterocycles. The number of hydrogen-bond acceptors (Lipinski definition) is 10. The fraction of sp³-hybridized carbons (Fsp3) is 0.185. The molecule has 0 atom stereocenters. The minimum Gasteiger partial charge on any atom is -1.00 e. The van der Waals surface area contributed by atoms with Gasteiger partial charge in [-0.3, -0.25) is 0 Å². The van der Waals surface area contributed by atoms with Crippen LogP contribution in [0.5, 0.6) is 0 Å². The van der Waals surface area contributed by atoms with Gasteiger partial charge in [-0.2, -0.15) is 5.21 Å². The summed E-state index contributed by atoms with van der Waals surface area (Å²) >= 11 is 0. The smallest absolute Gasteiger partial charge is 1.00 e. The van der Waals surface area contributed by atoms with Crippen LogP contribution in [0.3, 0.4) is 0 Å². The van der Waals surface area contributed by atoms with Gasteiger partial charge in [0.1, 0.15) is 22.7 Å². The molecule has 0 fully saturated rings. The number of aromatic amines is 1. The molecule has 0 aliphatic rings. The number of carboxylic acids is 1. The largest absolute Gasteiger partial charge is 1.00 e. The summed E-state index contributed by atoms with van der Waals surface area (Å²) in [5.74, 6) is 1.66. The van der Waals surface area contributed by atoms with Crippen LogP contribution in [0.2, 0.25) is 0 Å². The molecule has 0 spiro atoms. The van der Waals surface area contributed by atoms with Gasteiger partial charge in [0.25, 0.3) is 0 Å². The molecule has 4 aromatic carbocycles. The van der Waals surface area contributed by atoms with Crippen molar-refractivity contribution in [1.82, 2.24) is 59.7 Å². The molecule has 69 heavy (non-hydrogen) atoms. The van der Waals surface area contributed by atoms with Crippen LogP contribution < -0.4 is 29.6 Å². The molecule has 11 rings (SSSR count). The van der Waals surface area contributed by atoms with Crippen molar-refractivity contribution in [1.29, 1.82) is 0 Å². The molecule has 0 radical (unpaired) electrons. The number of pyridine rings is 4. The zero-order valence-corrected chi connectivity index (χ0v) is 41.7. The van der Waals surface area contributed by atoms with E-state index < -0.39 is 5.97 Å². The fourth-order valence-electron chi connectivity index (χ4n) is 9.05. The van der Waals surface area contributed by atoms with E-state index in [1.807, 2.05) is 68.4 Å². The van der Waals surface area contributed by atoms with Crippen molar-refractivity contribution in [2.24, 2.45) is 0 Å². The number of tetrazole rings is 1. The van der Waals surface area contributed by atoms with Crippen LogP contribution in [0.4, 0.5) is 0 Å². The summed E-state index contributed by atoms with van der Waals surface area (Å²) < 4.78 is 4.43. The van der Waals surface area contributed by atoms with Crippen molar-refractivity contribution in [3.05, 3.63) is 172 Å². The third kappa shape index (κ3) is 9.26. The van der Waals surface area contributed by atoms with Crippen LogP contribution in [0.25, 0.3) is 78.0 Å². The Bertz CT molecular complexity index is 3720. The summed E-state index contributed by atoms with van der Waals surface area (Å²) in [6, 6.07) is 39.7. The predicted molar refractivity (Wildman–Crippen MR) is 267 cm³/mol. The number of imidazole rings is 2. The van der Waals surface area contributed by atoms with Crippen molar-refractivity contribution in [2.75, 3.05) is 0 Å². The molecule has 2 N–H and O–H groups in total. The summed E-state index contributed by atoms with van der Waals surface area (Å²) in [5, 5.41) is 26.1. The van der Waals surface area contributed by atoms with E-state index in [4.69, 9.17) is 29.9 Å². The first kappa shape index (κ1) is 46.6. The van der Waals surface area contributed by atoms with Gasteiger partial charge in [-0.25, -0.2) is 34.7 Å². The van der Waals surface area contributed by atoms with E-state index in [0.29, 0.717) is 30.2 Å². The number of carboxylic acid groups (broad SMARTS) is 1. The molecule has 0 amide bonds. The topological polar surface area (TPSA) is 179 Å². The third-order valence-electron chi connectivity index (χ3n) is 12.2. The summed E-state index contributed by atoms with van der Waals surface area (Å²) in [6.45, 7) is 13.9. The summed E-state index contributed by atoms with van der Waals surface area (Å²) in [4.78, 5) is 40.6. The normalized spacial score (nSPS) is 11.3. The third-order valence-corrected chi connectivity index (χ3v) is 12.2. The Kier molecular flexibility index (Phi) is 13.2. The van der Waals surface area contributed by atoms with Gasteiger partial charge in [-0.15, -0.1) is 10.2 Å². The van der Waals surface area contributed by atoms with Gasteiger partial charge in [-0.1, -0.05) is 80.6 Å². The van der Waals surface area contributed by atoms with Crippen LogP contribution in [-0.4, -0.2) is 70.7 Å². The van der Waals surface area contributed by atoms with Crippen LogP contribution in [0.1, 0.15) is 70.9 Å². The summed E-state index contributed by atoms with van der Waals surface area (Å²) in [7, 11) is 0. The Morgan fingerprint density at radius 2 is 1.07 bits per heavy atom. The number of hydrogen-bond donors (Lipinski definition) is 2. The van der Waals surface area contributed by atoms with Gasteiger partial charge < -0.3 is 15.7 Å². The maximum absolute atomic E-state index is 11.6. The number of rotatable bonds is 10. The Balaban J connectivity index is 0.000000183. The molecular weight excluding hydrogens is 872 g/mol. The molecule has 0 aliphatic carbocycles. The van der Waals surface area contributed by atoms with Crippen LogP contribution >= 0.6 is 0 Å². The van der Waals surface area contributed by atoms with E-state index in [-0.39, 0.29) is 36.5 Å². The minimum absolute atomic E-state index is 0. The van der Waals surface area contributed by atoms with E-state index in [2.05, 4.69) is 106 Å². The number of carbonyl (C=O) groups is 1. The van der Waals surface area contributed by atoms with Crippen molar-refractivity contribution < 1.29 is 40.9 Å². The first-order valence-electron chi connectivity index (χ1n) is 22.7. The Morgan fingerprint density at radius 3 is 1.57 bits per heavy atom. The number of aryl methyl sites for hydroxylation is 6. The van der Waals surface area contributed by atoms with Gasteiger partial charge in [0, 0.05) is 51.7 Å². The van der Waals surface area contributed by atoms with Crippen LogP contribution in [-0.2, 0) is 25.9 Å². The molecule has 0 unspecified atom stereocenters. The number of benzene rings is 4. The molecule has 11 aromatic rings. The van der Waals surface area contributed by atoms with Crippen molar-refractivity contribution in [3.8, 4) is 33.9 Å². The Hall–Kier alpha value is -7.52. The number of aromatic nitrogens is 12. The minimum atomic E-state index is -0.957. The second-order valence-electron chi connectivity index (χ2n) is 17.0. The number of fused-ring (bicyclic) bond motifs is 4. The monoisotopic (exact) mass is 920 g/mol. The van der Waals surface area contributed by atoms with Gasteiger partial charge in [0.05, 0.1) is 41.1 Å². The number of nitrogens with one attached hydrogen (secondary N) is 1. The molecule has 14 nitrogen and oxygen atoms in total. The standard InChI is InChI=1S/C27H24N8.C27H24N4O2.Na.H/c1-4-24-30-25-16(2)13-17(3)28-27(25)35(24)15-18-9-11-22-19(14-18)10-12-23(29-22)20-7-5-6-8-21(20)26-31-33-34-32-26;1-4-24-30-25-16(2)13-17(3)28-26(25)31(24)15-18-9-11-22-19(14-18)10-12-23(29-22)20-7-5-6-8-21(20)27(32)33;;/h5-14H,4,15H2,1-3H3,(H,31,32,33,34);5-14H,4,15H2,1-3H3,(H,32,33);;/q;;+1;-1. The van der Waals surface area contributed by atoms with Crippen LogP contribution in [0, 0.1) is 27.7 Å². The zero-order chi connectivity index (χ0) is 47.1. The molecule has 338 valence electrons. The van der Waals surface area contributed by atoms with E-state index in [1.165, 1.54) is 5.56 Å². The van der Waals surface area contributed by atoms with Crippen molar-refractivity contribution >= 4 is 50.1 Å². The molecule has 0 saturated carbocycles. The molecule has 15 heteroatoms. The SMILES string of the molecule is CCc1nc2c(C)cc(C)nc2n1Cc1ccc2nc(-c3ccccc3-c3nn[nH]n3)ccc2c1.CCc1nc2c(C)cc(C)nc2n1Cc1ccc2nc(-c3ccccc3C(=O)O)ccc2c1.[H-].[Na+]. The maximum atomic E-state index is 11.6. The zero-order valence-electron chi connectivity index (χ0n) is 40.7. The summed E-state index contributed by atoms with van der Waals surface area (Å²) in [6.07, 6.45) is 1.68. The van der Waals surface area contributed by atoms with E-state index in [0.717, 1.165) is 114 Å². The first-order chi connectivity index (χ1) is 33.0.